The van der Waals surface area contributed by atoms with Gasteiger partial charge in [-0.25, -0.2) is 0 Å². The average Bonchev–Trinajstić information content (AvgIpc) is 3.19. The zero-order chi connectivity index (χ0) is 14.1. The second-order valence-electron chi connectivity index (χ2n) is 6.89. The molecule has 0 amide bonds. The van der Waals surface area contributed by atoms with Crippen LogP contribution in [0.4, 0.5) is 0 Å². The Morgan fingerprint density at radius 2 is 2.19 bits per heavy atom. The second kappa shape index (κ2) is 5.67. The van der Waals surface area contributed by atoms with Gasteiger partial charge in [-0.2, -0.15) is 0 Å². The van der Waals surface area contributed by atoms with E-state index in [1.54, 1.807) is 0 Å². The minimum atomic E-state index is 0.0752. The van der Waals surface area contributed by atoms with E-state index in [0.717, 1.165) is 51.8 Å². The zero-order valence-electron chi connectivity index (χ0n) is 12.5. The lowest BCUT2D eigenvalue weighted by atomic mass is 9.81. The van der Waals surface area contributed by atoms with Crippen molar-refractivity contribution in [2.45, 2.75) is 31.4 Å². The number of nitrogens with zero attached hydrogens (tertiary/aromatic N) is 2. The Balaban J connectivity index is 1.27. The summed E-state index contributed by atoms with van der Waals surface area (Å²) in [6.07, 6.45) is 7.67. The third kappa shape index (κ3) is 2.98. The number of pyridine rings is 1. The van der Waals surface area contributed by atoms with Crippen molar-refractivity contribution in [3.05, 3.63) is 30.1 Å². The number of rotatable bonds is 6. The van der Waals surface area contributed by atoms with Crippen LogP contribution in [0.2, 0.25) is 0 Å². The molecule has 1 aliphatic carbocycles. The number of aromatic nitrogens is 1. The van der Waals surface area contributed by atoms with Crippen LogP contribution in [-0.4, -0.2) is 48.4 Å². The van der Waals surface area contributed by atoms with Crippen LogP contribution >= 0.6 is 0 Å². The fourth-order valence-corrected chi connectivity index (χ4v) is 3.60. The van der Waals surface area contributed by atoms with Crippen LogP contribution in [0, 0.1) is 11.8 Å². The first-order valence-electron chi connectivity index (χ1n) is 8.17. The Morgan fingerprint density at radius 3 is 2.95 bits per heavy atom. The maximum Gasteiger partial charge on any atom is 0.0985 e. The Labute approximate surface area is 126 Å². The van der Waals surface area contributed by atoms with E-state index < -0.39 is 0 Å². The van der Waals surface area contributed by atoms with Crippen molar-refractivity contribution in [3.63, 3.8) is 0 Å². The van der Waals surface area contributed by atoms with E-state index in [9.17, 15) is 0 Å². The third-order valence-electron chi connectivity index (χ3n) is 5.08. The Bertz CT molecular complexity index is 469. The van der Waals surface area contributed by atoms with Gasteiger partial charge in [-0.15, -0.1) is 0 Å². The SMILES string of the molecule is c1cncc(CN2CC3(C2)OCC[C@H]3COCC2CC2)c1. The van der Waals surface area contributed by atoms with E-state index in [-0.39, 0.29) is 5.60 Å². The van der Waals surface area contributed by atoms with E-state index >= 15 is 0 Å². The summed E-state index contributed by atoms with van der Waals surface area (Å²) >= 11 is 0. The quantitative estimate of drug-likeness (QED) is 0.803. The molecule has 0 aromatic carbocycles. The van der Waals surface area contributed by atoms with Gasteiger partial charge in [0.25, 0.3) is 0 Å². The molecule has 4 rings (SSSR count). The number of likely N-dealkylation sites (tertiary alicyclic amines) is 1. The van der Waals surface area contributed by atoms with Gasteiger partial charge in [0, 0.05) is 51.2 Å². The smallest absolute Gasteiger partial charge is 0.0985 e. The van der Waals surface area contributed by atoms with E-state index in [1.165, 1.54) is 18.4 Å². The molecular formula is C17H24N2O2. The molecule has 1 aromatic rings. The predicted octanol–water partition coefficient (Wildman–Crippen LogP) is 2.10. The first-order valence-corrected chi connectivity index (χ1v) is 8.17. The summed E-state index contributed by atoms with van der Waals surface area (Å²) in [4.78, 5) is 6.64. The van der Waals surface area contributed by atoms with Crippen LogP contribution < -0.4 is 0 Å². The van der Waals surface area contributed by atoms with Crippen molar-refractivity contribution in [3.8, 4) is 0 Å². The normalized spacial score (nSPS) is 27.9. The van der Waals surface area contributed by atoms with Crippen LogP contribution in [0.5, 0.6) is 0 Å². The van der Waals surface area contributed by atoms with E-state index in [2.05, 4.69) is 16.0 Å². The summed E-state index contributed by atoms with van der Waals surface area (Å²) in [5, 5.41) is 0. The largest absolute Gasteiger partial charge is 0.381 e. The van der Waals surface area contributed by atoms with Crippen molar-refractivity contribution in [2.75, 3.05) is 32.9 Å². The van der Waals surface area contributed by atoms with Crippen LogP contribution in [0.3, 0.4) is 0 Å². The molecule has 1 aromatic heterocycles. The molecule has 4 heteroatoms. The molecule has 3 heterocycles. The molecule has 3 aliphatic rings. The molecule has 2 saturated heterocycles. The topological polar surface area (TPSA) is 34.6 Å². The summed E-state index contributed by atoms with van der Waals surface area (Å²) in [5.74, 6) is 1.44. The van der Waals surface area contributed by atoms with Crippen molar-refractivity contribution < 1.29 is 9.47 Å². The molecule has 3 fully saturated rings. The molecule has 1 spiro atoms. The summed E-state index contributed by atoms with van der Waals surface area (Å²) in [6, 6.07) is 4.15. The Hall–Kier alpha value is -0.970. The average molecular weight is 288 g/mol. The van der Waals surface area contributed by atoms with E-state index in [0.29, 0.717) is 5.92 Å². The molecule has 0 N–H and O–H groups in total. The number of hydrogen-bond acceptors (Lipinski definition) is 4. The third-order valence-corrected chi connectivity index (χ3v) is 5.08. The lowest BCUT2D eigenvalue weighted by molar-refractivity contribution is -0.146. The maximum atomic E-state index is 6.09. The zero-order valence-corrected chi connectivity index (χ0v) is 12.5. The Kier molecular flexibility index (Phi) is 3.69. The van der Waals surface area contributed by atoms with Crippen molar-refractivity contribution in [2.24, 2.45) is 11.8 Å². The van der Waals surface area contributed by atoms with Crippen LogP contribution in [0.1, 0.15) is 24.8 Å². The molecule has 0 radical (unpaired) electrons. The summed E-state index contributed by atoms with van der Waals surface area (Å²) < 4.78 is 12.0. The monoisotopic (exact) mass is 288 g/mol. The molecular weight excluding hydrogens is 264 g/mol. The predicted molar refractivity (Wildman–Crippen MR) is 79.8 cm³/mol. The number of hydrogen-bond donors (Lipinski definition) is 0. The Morgan fingerprint density at radius 1 is 1.29 bits per heavy atom. The highest BCUT2D eigenvalue weighted by atomic mass is 16.5. The van der Waals surface area contributed by atoms with Crippen LogP contribution in [0.25, 0.3) is 0 Å². The molecule has 114 valence electrons. The minimum Gasteiger partial charge on any atom is -0.381 e. The fourth-order valence-electron chi connectivity index (χ4n) is 3.60. The molecule has 21 heavy (non-hydrogen) atoms. The molecule has 1 atom stereocenters. The van der Waals surface area contributed by atoms with Crippen LogP contribution in [0.15, 0.2) is 24.5 Å². The molecule has 1 saturated carbocycles. The summed E-state index contributed by atoms with van der Waals surface area (Å²) in [6.45, 7) is 5.81. The molecule has 4 nitrogen and oxygen atoms in total. The second-order valence-corrected chi connectivity index (χ2v) is 6.89. The van der Waals surface area contributed by atoms with E-state index in [1.807, 2.05) is 18.5 Å². The molecule has 0 unspecified atom stereocenters. The first-order chi connectivity index (χ1) is 10.3. The van der Waals surface area contributed by atoms with Gasteiger partial charge in [-0.05, 0) is 36.8 Å². The maximum absolute atomic E-state index is 6.09. The van der Waals surface area contributed by atoms with Gasteiger partial charge in [0.1, 0.15) is 0 Å². The van der Waals surface area contributed by atoms with Crippen molar-refractivity contribution in [1.29, 1.82) is 0 Å². The van der Waals surface area contributed by atoms with Gasteiger partial charge >= 0.3 is 0 Å². The van der Waals surface area contributed by atoms with Crippen molar-refractivity contribution in [1.82, 2.24) is 9.88 Å². The van der Waals surface area contributed by atoms with Gasteiger partial charge in [0.05, 0.1) is 12.2 Å². The van der Waals surface area contributed by atoms with E-state index in [4.69, 9.17) is 9.47 Å². The highest BCUT2D eigenvalue weighted by Gasteiger charge is 2.52. The summed E-state index contributed by atoms with van der Waals surface area (Å²) in [7, 11) is 0. The molecule has 2 aliphatic heterocycles. The van der Waals surface area contributed by atoms with Crippen LogP contribution in [-0.2, 0) is 16.0 Å². The van der Waals surface area contributed by atoms with Gasteiger partial charge in [0.15, 0.2) is 0 Å². The first kappa shape index (κ1) is 13.7. The van der Waals surface area contributed by atoms with Gasteiger partial charge < -0.3 is 9.47 Å². The van der Waals surface area contributed by atoms with Crippen molar-refractivity contribution >= 4 is 0 Å². The van der Waals surface area contributed by atoms with Gasteiger partial charge in [0.2, 0.25) is 0 Å². The standard InChI is InChI=1S/C17H24N2O2/c1-2-15(8-18-6-1)9-19-12-17(13-19)16(5-7-21-17)11-20-10-14-3-4-14/h1-2,6,8,14,16H,3-5,7,9-13H2/t16-/m0/s1. The van der Waals surface area contributed by atoms with Gasteiger partial charge in [-0.1, -0.05) is 6.07 Å². The highest BCUT2D eigenvalue weighted by molar-refractivity contribution is 5.12. The fraction of sp³-hybridized carbons (Fsp3) is 0.706. The minimum absolute atomic E-state index is 0.0752. The number of ether oxygens (including phenoxy) is 2. The highest BCUT2D eigenvalue weighted by Crippen LogP contribution is 2.41. The van der Waals surface area contributed by atoms with Gasteiger partial charge in [-0.3, -0.25) is 9.88 Å². The lowest BCUT2D eigenvalue weighted by Crippen LogP contribution is -2.64. The lowest BCUT2D eigenvalue weighted by Gasteiger charge is -2.50. The molecule has 0 bridgehead atoms. The summed E-state index contributed by atoms with van der Waals surface area (Å²) in [5.41, 5.74) is 1.36.